The van der Waals surface area contributed by atoms with E-state index in [4.69, 9.17) is 10.5 Å². The molecule has 0 spiro atoms. The molecule has 3 N–H and O–H groups in total. The normalized spacial score (nSPS) is 28.4. The Morgan fingerprint density at radius 1 is 1.38 bits per heavy atom. The van der Waals surface area contributed by atoms with Crippen LogP contribution in [0.2, 0.25) is 0 Å². The molecule has 2 atom stereocenters. The third-order valence-electron chi connectivity index (χ3n) is 4.60. The smallest absolute Gasteiger partial charge is 0.238 e. The summed E-state index contributed by atoms with van der Waals surface area (Å²) in [4.78, 5) is 14.6. The second-order valence-corrected chi connectivity index (χ2v) is 6.07. The molecule has 114 valence electrons. The van der Waals surface area contributed by atoms with Gasteiger partial charge in [0.1, 0.15) is 5.75 Å². The first-order valence-corrected chi connectivity index (χ1v) is 7.61. The zero-order chi connectivity index (χ0) is 14.8. The van der Waals surface area contributed by atoms with Crippen molar-refractivity contribution in [3.63, 3.8) is 0 Å². The van der Waals surface area contributed by atoms with Crippen LogP contribution in [0.3, 0.4) is 0 Å². The number of carbonyl (C=O) groups is 1. The predicted octanol–water partition coefficient (Wildman–Crippen LogP) is 1.59. The largest absolute Gasteiger partial charge is 0.497 e. The minimum absolute atomic E-state index is 0.0376. The van der Waals surface area contributed by atoms with Gasteiger partial charge >= 0.3 is 0 Å². The first-order valence-electron chi connectivity index (χ1n) is 7.61. The lowest BCUT2D eigenvalue weighted by Crippen LogP contribution is -2.49. The summed E-state index contributed by atoms with van der Waals surface area (Å²) >= 11 is 0. The van der Waals surface area contributed by atoms with Crippen LogP contribution in [0.5, 0.6) is 5.75 Å². The predicted molar refractivity (Wildman–Crippen MR) is 82.3 cm³/mol. The van der Waals surface area contributed by atoms with Crippen molar-refractivity contribution in [1.29, 1.82) is 0 Å². The highest BCUT2D eigenvalue weighted by atomic mass is 16.5. The lowest BCUT2D eigenvalue weighted by molar-refractivity contribution is -0.118. The van der Waals surface area contributed by atoms with Crippen LogP contribution in [-0.4, -0.2) is 42.6 Å². The summed E-state index contributed by atoms with van der Waals surface area (Å²) in [5.74, 6) is 0.785. The van der Waals surface area contributed by atoms with Gasteiger partial charge in [0.15, 0.2) is 0 Å². The molecule has 1 amide bonds. The maximum Gasteiger partial charge on any atom is 0.238 e. The second kappa shape index (κ2) is 6.03. The molecule has 1 aromatic carbocycles. The minimum Gasteiger partial charge on any atom is -0.497 e. The zero-order valence-electron chi connectivity index (χ0n) is 12.4. The van der Waals surface area contributed by atoms with Gasteiger partial charge in [0, 0.05) is 29.9 Å². The number of benzene rings is 1. The van der Waals surface area contributed by atoms with E-state index in [9.17, 15) is 4.79 Å². The molecule has 5 heteroatoms. The lowest BCUT2D eigenvalue weighted by Gasteiger charge is -2.37. The fourth-order valence-electron chi connectivity index (χ4n) is 3.64. The topological polar surface area (TPSA) is 67.6 Å². The van der Waals surface area contributed by atoms with E-state index in [1.54, 1.807) is 7.11 Å². The molecule has 0 saturated carbocycles. The second-order valence-electron chi connectivity index (χ2n) is 6.07. The van der Waals surface area contributed by atoms with Crippen molar-refractivity contribution in [3.8, 4) is 5.75 Å². The number of ether oxygens (including phenoxy) is 1. The molecule has 2 saturated heterocycles. The van der Waals surface area contributed by atoms with Crippen LogP contribution in [-0.2, 0) is 4.79 Å². The molecule has 2 aliphatic heterocycles. The quantitative estimate of drug-likeness (QED) is 0.883. The molecule has 3 rings (SSSR count). The molecule has 0 aromatic heterocycles. The third-order valence-corrected chi connectivity index (χ3v) is 4.60. The summed E-state index contributed by atoms with van der Waals surface area (Å²) in [7, 11) is 1.62. The first kappa shape index (κ1) is 14.4. The molecule has 1 aromatic rings. The number of rotatable bonds is 4. The number of anilines is 1. The van der Waals surface area contributed by atoms with Gasteiger partial charge in [0.05, 0.1) is 13.7 Å². The Hall–Kier alpha value is -1.59. The number of hydrogen-bond donors (Lipinski definition) is 2. The number of nitrogens with one attached hydrogen (secondary N) is 1. The van der Waals surface area contributed by atoms with Gasteiger partial charge in [-0.05, 0) is 37.8 Å². The Balaban J connectivity index is 1.59. The number of nitrogens with two attached hydrogens (primary N) is 1. The Morgan fingerprint density at radius 2 is 2.10 bits per heavy atom. The van der Waals surface area contributed by atoms with Crippen molar-refractivity contribution >= 4 is 11.6 Å². The molecule has 5 nitrogen and oxygen atoms in total. The van der Waals surface area contributed by atoms with E-state index in [1.807, 2.05) is 24.3 Å². The Bertz CT molecular complexity index is 506. The standard InChI is InChI=1S/C16H23N3O2/c1-21-15-4-2-3-12(9-15)18-16(20)10-19-13-5-6-14(19)8-11(17)7-13/h2-4,9,11,13-14H,5-8,10,17H2,1H3,(H,18,20). The van der Waals surface area contributed by atoms with E-state index in [0.29, 0.717) is 24.7 Å². The lowest BCUT2D eigenvalue weighted by atomic mass is 9.98. The summed E-state index contributed by atoms with van der Waals surface area (Å²) in [6.45, 7) is 0.458. The molecule has 2 heterocycles. The van der Waals surface area contributed by atoms with Crippen LogP contribution in [0.25, 0.3) is 0 Å². The number of amides is 1. The van der Waals surface area contributed by atoms with Gasteiger partial charge in [0.2, 0.25) is 5.91 Å². The molecular formula is C16H23N3O2. The minimum atomic E-state index is 0.0376. The summed E-state index contributed by atoms with van der Waals surface area (Å²) in [6, 6.07) is 8.71. The number of fused-ring (bicyclic) bond motifs is 2. The highest BCUT2D eigenvalue weighted by Crippen LogP contribution is 2.34. The fourth-order valence-corrected chi connectivity index (χ4v) is 3.64. The van der Waals surface area contributed by atoms with E-state index >= 15 is 0 Å². The van der Waals surface area contributed by atoms with Crippen LogP contribution in [0.1, 0.15) is 25.7 Å². The SMILES string of the molecule is COc1cccc(NC(=O)CN2C3CCC2CC(N)C3)c1. The van der Waals surface area contributed by atoms with Gasteiger partial charge < -0.3 is 15.8 Å². The Morgan fingerprint density at radius 3 is 2.76 bits per heavy atom. The van der Waals surface area contributed by atoms with Crippen LogP contribution in [0.15, 0.2) is 24.3 Å². The van der Waals surface area contributed by atoms with Crippen LogP contribution in [0.4, 0.5) is 5.69 Å². The van der Waals surface area contributed by atoms with E-state index < -0.39 is 0 Å². The van der Waals surface area contributed by atoms with Crippen molar-refractivity contribution in [1.82, 2.24) is 4.90 Å². The van der Waals surface area contributed by atoms with E-state index in [1.165, 1.54) is 12.8 Å². The van der Waals surface area contributed by atoms with Crippen molar-refractivity contribution in [2.45, 2.75) is 43.8 Å². The molecular weight excluding hydrogens is 266 g/mol. The van der Waals surface area contributed by atoms with E-state index in [2.05, 4.69) is 10.2 Å². The highest BCUT2D eigenvalue weighted by Gasteiger charge is 2.40. The number of nitrogens with zero attached hydrogens (tertiary/aromatic N) is 1. The third kappa shape index (κ3) is 3.19. The average Bonchev–Trinajstić information content (AvgIpc) is 2.70. The zero-order valence-corrected chi connectivity index (χ0v) is 12.4. The van der Waals surface area contributed by atoms with Crippen molar-refractivity contribution < 1.29 is 9.53 Å². The number of piperidine rings is 1. The number of hydrogen-bond acceptors (Lipinski definition) is 4. The maximum absolute atomic E-state index is 12.3. The van der Waals surface area contributed by atoms with Gasteiger partial charge in [-0.15, -0.1) is 0 Å². The maximum atomic E-state index is 12.3. The number of methoxy groups -OCH3 is 1. The van der Waals surface area contributed by atoms with Gasteiger partial charge in [-0.25, -0.2) is 0 Å². The molecule has 0 radical (unpaired) electrons. The Kier molecular flexibility index (Phi) is 4.12. The fraction of sp³-hybridized carbons (Fsp3) is 0.562. The molecule has 2 fully saturated rings. The molecule has 21 heavy (non-hydrogen) atoms. The summed E-state index contributed by atoms with van der Waals surface area (Å²) in [5.41, 5.74) is 6.84. The summed E-state index contributed by atoms with van der Waals surface area (Å²) in [5, 5.41) is 2.95. The van der Waals surface area contributed by atoms with Gasteiger partial charge in [-0.1, -0.05) is 6.07 Å². The van der Waals surface area contributed by atoms with Crippen LogP contribution >= 0.6 is 0 Å². The van der Waals surface area contributed by atoms with Crippen LogP contribution < -0.4 is 15.8 Å². The molecule has 0 aliphatic carbocycles. The molecule has 2 unspecified atom stereocenters. The van der Waals surface area contributed by atoms with Crippen molar-refractivity contribution in [2.24, 2.45) is 5.73 Å². The van der Waals surface area contributed by atoms with Gasteiger partial charge in [-0.3, -0.25) is 9.69 Å². The van der Waals surface area contributed by atoms with Crippen LogP contribution in [0, 0.1) is 0 Å². The van der Waals surface area contributed by atoms with Crippen molar-refractivity contribution in [3.05, 3.63) is 24.3 Å². The monoisotopic (exact) mass is 289 g/mol. The van der Waals surface area contributed by atoms with E-state index in [0.717, 1.165) is 24.3 Å². The van der Waals surface area contributed by atoms with Gasteiger partial charge in [-0.2, -0.15) is 0 Å². The first-order chi connectivity index (χ1) is 10.2. The van der Waals surface area contributed by atoms with Gasteiger partial charge in [0.25, 0.3) is 0 Å². The van der Waals surface area contributed by atoms with E-state index in [-0.39, 0.29) is 5.91 Å². The summed E-state index contributed by atoms with van der Waals surface area (Å²) in [6.07, 6.45) is 4.38. The molecule has 2 aliphatic rings. The summed E-state index contributed by atoms with van der Waals surface area (Å²) < 4.78 is 5.17. The number of carbonyl (C=O) groups excluding carboxylic acids is 1. The Labute approximate surface area is 125 Å². The van der Waals surface area contributed by atoms with Crippen molar-refractivity contribution in [2.75, 3.05) is 19.0 Å². The highest BCUT2D eigenvalue weighted by molar-refractivity contribution is 5.92. The molecule has 2 bridgehead atoms. The average molecular weight is 289 g/mol.